The third-order valence-electron chi connectivity index (χ3n) is 3.27. The topological polar surface area (TPSA) is 42.7 Å². The van der Waals surface area contributed by atoms with Gasteiger partial charge in [-0.25, -0.2) is 4.98 Å². The number of rotatable bonds is 5. The number of hydrogen-bond donors (Lipinski definition) is 1. The van der Waals surface area contributed by atoms with E-state index in [0.29, 0.717) is 0 Å². The molecule has 3 rings (SSSR count). The molecule has 0 saturated heterocycles. The van der Waals surface area contributed by atoms with Crippen molar-refractivity contribution in [3.8, 4) is 0 Å². The van der Waals surface area contributed by atoms with Crippen molar-refractivity contribution in [2.75, 3.05) is 5.32 Å². The molecule has 4 nitrogen and oxygen atoms in total. The highest BCUT2D eigenvalue weighted by Crippen LogP contribution is 2.18. The fourth-order valence-electron chi connectivity index (χ4n) is 2.23. The Bertz CT molecular complexity index is 715. The molecule has 3 aromatic rings. The summed E-state index contributed by atoms with van der Waals surface area (Å²) in [6.45, 7) is 5.69. The van der Waals surface area contributed by atoms with E-state index < -0.39 is 0 Å². The van der Waals surface area contributed by atoms with E-state index in [1.54, 1.807) is 11.3 Å². The molecule has 1 N–H and O–H groups in total. The summed E-state index contributed by atoms with van der Waals surface area (Å²) >= 11 is 1.74. The highest BCUT2D eigenvalue weighted by atomic mass is 32.1. The van der Waals surface area contributed by atoms with Crippen LogP contribution in [-0.2, 0) is 13.1 Å². The average Bonchev–Trinajstić information content (AvgIpc) is 3.04. The molecular formula is C16H18N4S. The Morgan fingerprint density at radius 3 is 2.71 bits per heavy atom. The maximum atomic E-state index is 4.44. The summed E-state index contributed by atoms with van der Waals surface area (Å²) in [6.07, 6.45) is 3.91. The molecule has 108 valence electrons. The van der Waals surface area contributed by atoms with Gasteiger partial charge in [-0.1, -0.05) is 30.3 Å². The van der Waals surface area contributed by atoms with Gasteiger partial charge >= 0.3 is 0 Å². The zero-order valence-electron chi connectivity index (χ0n) is 12.2. The van der Waals surface area contributed by atoms with Crippen LogP contribution in [0.5, 0.6) is 0 Å². The van der Waals surface area contributed by atoms with Crippen LogP contribution < -0.4 is 5.32 Å². The minimum absolute atomic E-state index is 0.793. The molecule has 0 aliphatic heterocycles. The van der Waals surface area contributed by atoms with Gasteiger partial charge in [0.15, 0.2) is 0 Å². The zero-order chi connectivity index (χ0) is 14.7. The summed E-state index contributed by atoms with van der Waals surface area (Å²) in [5.74, 6) is 0. The number of hydrogen-bond acceptors (Lipinski definition) is 4. The molecule has 2 aromatic heterocycles. The second-order valence-electron chi connectivity index (χ2n) is 5.01. The zero-order valence-corrected chi connectivity index (χ0v) is 13.0. The maximum Gasteiger partial charge on any atom is 0.0900 e. The molecule has 5 heteroatoms. The first-order valence-corrected chi connectivity index (χ1v) is 7.75. The Morgan fingerprint density at radius 1 is 1.19 bits per heavy atom. The lowest BCUT2D eigenvalue weighted by molar-refractivity contribution is 0.687. The number of thiazole rings is 1. The molecule has 0 aliphatic carbocycles. The van der Waals surface area contributed by atoms with Gasteiger partial charge in [-0.05, 0) is 19.4 Å². The molecule has 0 unspecified atom stereocenters. The summed E-state index contributed by atoms with van der Waals surface area (Å²) in [5, 5.41) is 8.92. The van der Waals surface area contributed by atoms with Crippen LogP contribution in [-0.4, -0.2) is 14.8 Å². The predicted octanol–water partition coefficient (Wildman–Crippen LogP) is 3.62. The van der Waals surface area contributed by atoms with Crippen molar-refractivity contribution in [3.05, 3.63) is 63.9 Å². The van der Waals surface area contributed by atoms with Gasteiger partial charge in [0.2, 0.25) is 0 Å². The van der Waals surface area contributed by atoms with E-state index in [1.165, 1.54) is 10.4 Å². The standard InChI is InChI=1S/C16H18N4S/c1-12-16(21-13(2)19-12)9-17-15-8-18-20(11-15)10-14-6-4-3-5-7-14/h3-8,11,17H,9-10H2,1-2H3. The first-order chi connectivity index (χ1) is 10.2. The SMILES string of the molecule is Cc1nc(C)c(CNc2cnn(Cc3ccccc3)c2)s1. The lowest BCUT2D eigenvalue weighted by atomic mass is 10.2. The lowest BCUT2D eigenvalue weighted by Gasteiger charge is -2.02. The van der Waals surface area contributed by atoms with Crippen LogP contribution in [0.25, 0.3) is 0 Å². The molecule has 0 bridgehead atoms. The average molecular weight is 298 g/mol. The number of nitrogens with one attached hydrogen (secondary N) is 1. The number of anilines is 1. The smallest absolute Gasteiger partial charge is 0.0900 e. The molecule has 0 amide bonds. The molecule has 0 spiro atoms. The summed E-state index contributed by atoms with van der Waals surface area (Å²) < 4.78 is 1.95. The summed E-state index contributed by atoms with van der Waals surface area (Å²) in [7, 11) is 0. The van der Waals surface area contributed by atoms with E-state index >= 15 is 0 Å². The number of nitrogens with zero attached hydrogens (tertiary/aromatic N) is 3. The fraction of sp³-hybridized carbons (Fsp3) is 0.250. The Balaban J connectivity index is 1.61. The predicted molar refractivity (Wildman–Crippen MR) is 86.7 cm³/mol. The van der Waals surface area contributed by atoms with Gasteiger partial charge in [0, 0.05) is 11.1 Å². The monoisotopic (exact) mass is 298 g/mol. The number of aryl methyl sites for hydroxylation is 2. The lowest BCUT2D eigenvalue weighted by Crippen LogP contribution is -2.00. The molecule has 2 heterocycles. The Hall–Kier alpha value is -2.14. The van der Waals surface area contributed by atoms with Gasteiger partial charge in [0.05, 0.1) is 35.7 Å². The van der Waals surface area contributed by atoms with Crippen LogP contribution in [0.1, 0.15) is 21.1 Å². The highest BCUT2D eigenvalue weighted by molar-refractivity contribution is 7.11. The second kappa shape index (κ2) is 6.10. The molecular weight excluding hydrogens is 280 g/mol. The van der Waals surface area contributed by atoms with Crippen molar-refractivity contribution < 1.29 is 0 Å². The third-order valence-corrected chi connectivity index (χ3v) is 4.35. The number of benzene rings is 1. The van der Waals surface area contributed by atoms with Crippen LogP contribution in [0.3, 0.4) is 0 Å². The molecule has 0 atom stereocenters. The van der Waals surface area contributed by atoms with Crippen LogP contribution in [0.4, 0.5) is 5.69 Å². The van der Waals surface area contributed by atoms with E-state index in [1.807, 2.05) is 42.2 Å². The van der Waals surface area contributed by atoms with Crippen molar-refractivity contribution in [1.29, 1.82) is 0 Å². The molecule has 1 aromatic carbocycles. The van der Waals surface area contributed by atoms with Gasteiger partial charge in [-0.2, -0.15) is 5.10 Å². The van der Waals surface area contributed by atoms with Crippen LogP contribution in [0, 0.1) is 13.8 Å². The van der Waals surface area contributed by atoms with E-state index in [0.717, 1.165) is 29.5 Å². The van der Waals surface area contributed by atoms with Gasteiger partial charge in [0.1, 0.15) is 0 Å². The van der Waals surface area contributed by atoms with Gasteiger partial charge in [0.25, 0.3) is 0 Å². The van der Waals surface area contributed by atoms with E-state index in [9.17, 15) is 0 Å². The van der Waals surface area contributed by atoms with Crippen molar-refractivity contribution in [2.45, 2.75) is 26.9 Å². The fourth-order valence-corrected chi connectivity index (χ4v) is 3.11. The quantitative estimate of drug-likeness (QED) is 0.782. The first kappa shape index (κ1) is 13.8. The largest absolute Gasteiger partial charge is 0.378 e. The minimum atomic E-state index is 0.793. The summed E-state index contributed by atoms with van der Waals surface area (Å²) in [5.41, 5.74) is 3.40. The van der Waals surface area contributed by atoms with Crippen molar-refractivity contribution in [2.24, 2.45) is 0 Å². The van der Waals surface area contributed by atoms with E-state index in [4.69, 9.17) is 0 Å². The molecule has 0 aliphatic rings. The third kappa shape index (κ3) is 3.49. The number of aromatic nitrogens is 3. The summed E-state index contributed by atoms with van der Waals surface area (Å²) in [4.78, 5) is 5.72. The van der Waals surface area contributed by atoms with Gasteiger partial charge < -0.3 is 5.32 Å². The molecule has 0 fully saturated rings. The Kier molecular flexibility index (Phi) is 4.01. The van der Waals surface area contributed by atoms with Gasteiger partial charge in [-0.15, -0.1) is 11.3 Å². The van der Waals surface area contributed by atoms with Gasteiger partial charge in [-0.3, -0.25) is 4.68 Å². The van der Waals surface area contributed by atoms with Crippen molar-refractivity contribution in [3.63, 3.8) is 0 Å². The van der Waals surface area contributed by atoms with E-state index in [2.05, 4.69) is 34.5 Å². The van der Waals surface area contributed by atoms with Crippen LogP contribution in [0.15, 0.2) is 42.7 Å². The maximum absolute atomic E-state index is 4.44. The van der Waals surface area contributed by atoms with Crippen molar-refractivity contribution in [1.82, 2.24) is 14.8 Å². The second-order valence-corrected chi connectivity index (χ2v) is 6.29. The first-order valence-electron chi connectivity index (χ1n) is 6.94. The minimum Gasteiger partial charge on any atom is -0.378 e. The van der Waals surface area contributed by atoms with Crippen LogP contribution >= 0.6 is 11.3 Å². The normalized spacial score (nSPS) is 10.8. The van der Waals surface area contributed by atoms with Crippen molar-refractivity contribution >= 4 is 17.0 Å². The van der Waals surface area contributed by atoms with Crippen LogP contribution in [0.2, 0.25) is 0 Å². The molecule has 0 saturated carbocycles. The Labute approximate surface area is 128 Å². The molecule has 0 radical (unpaired) electrons. The molecule has 21 heavy (non-hydrogen) atoms. The van der Waals surface area contributed by atoms with E-state index in [-0.39, 0.29) is 0 Å². The highest BCUT2D eigenvalue weighted by Gasteiger charge is 2.05. The summed E-state index contributed by atoms with van der Waals surface area (Å²) in [6, 6.07) is 10.3. The Morgan fingerprint density at radius 2 is 2.00 bits per heavy atom.